The van der Waals surface area contributed by atoms with Gasteiger partial charge in [-0.2, -0.15) is 0 Å². The van der Waals surface area contributed by atoms with Crippen molar-refractivity contribution in [3.05, 3.63) is 492 Å². The standard InChI is InChI=1S/2C61H48N2Si/c1-41-19-11-16-28-58(41)62(46-20-7-5-8-21-46)48-33-31-42-37-52-53-38-43-32-34-49(63(47-22-9-6-10-23-47)59-29-17-18-30-60(59)64(2,3)4)36-45(43)40-57(53)61(56(52)39-44(42)35-48)54-26-14-12-24-50(54)51-25-13-15-27-55(51)61;1-41-17-15-22-48(33-41)62(46-18-7-5-8-19-46)50-31-29-42-36-55-56-37-43-30-32-51(63(47-20-9-6-10-21-47)49-23-16-24-52(40-49)64(2,3)4)35-45(43)39-60(56)61(59(55)38-44(42)34-50)57-27-13-11-25-53(57)54-26-12-14-28-58(54)61/h2*5-40H,1-4H3. The molecule has 4 aliphatic rings. The molecule has 0 radical (unpaired) electrons. The van der Waals surface area contributed by atoms with Crippen molar-refractivity contribution in [3.8, 4) is 44.5 Å². The van der Waals surface area contributed by atoms with Crippen LogP contribution in [0, 0.1) is 13.8 Å². The van der Waals surface area contributed by atoms with Gasteiger partial charge in [-0.3, -0.25) is 0 Å². The highest BCUT2D eigenvalue weighted by Crippen LogP contribution is 2.66. The van der Waals surface area contributed by atoms with Crippen LogP contribution in [-0.2, 0) is 10.8 Å². The van der Waals surface area contributed by atoms with Gasteiger partial charge in [0.25, 0.3) is 0 Å². The molecule has 2 spiro atoms. The van der Waals surface area contributed by atoms with Gasteiger partial charge < -0.3 is 19.6 Å². The molecule has 128 heavy (non-hydrogen) atoms. The minimum Gasteiger partial charge on any atom is -0.311 e. The van der Waals surface area contributed by atoms with Crippen LogP contribution in [0.1, 0.15) is 55.6 Å². The van der Waals surface area contributed by atoms with Crippen LogP contribution in [0.4, 0.5) is 68.2 Å². The third-order valence-corrected chi connectivity index (χ3v) is 31.7. The first-order chi connectivity index (χ1) is 62.5. The van der Waals surface area contributed by atoms with E-state index in [0.29, 0.717) is 0 Å². The number of hydrogen-bond donors (Lipinski definition) is 0. The second-order valence-corrected chi connectivity index (χ2v) is 47.4. The Labute approximate surface area is 752 Å². The molecule has 0 amide bonds. The maximum absolute atomic E-state index is 2.53. The molecule has 0 fully saturated rings. The fourth-order valence-electron chi connectivity index (χ4n) is 21.8. The van der Waals surface area contributed by atoms with E-state index in [2.05, 4.69) is 510 Å². The Bertz CT molecular complexity index is 7750. The van der Waals surface area contributed by atoms with Crippen molar-refractivity contribution < 1.29 is 0 Å². The Balaban J connectivity index is 0.000000146. The lowest BCUT2D eigenvalue weighted by Gasteiger charge is -2.32. The molecule has 0 bridgehead atoms. The van der Waals surface area contributed by atoms with Crippen molar-refractivity contribution >= 4 is 138 Å². The Hall–Kier alpha value is -14.9. The molecule has 20 aromatic carbocycles. The van der Waals surface area contributed by atoms with Crippen molar-refractivity contribution in [3.63, 3.8) is 0 Å². The topological polar surface area (TPSA) is 13.0 Å². The average molecular weight is 1670 g/mol. The molecule has 6 heteroatoms. The second-order valence-electron chi connectivity index (χ2n) is 37.3. The zero-order chi connectivity index (χ0) is 86.3. The average Bonchev–Trinajstić information content (AvgIpc) is 1.51. The summed E-state index contributed by atoms with van der Waals surface area (Å²) in [4.78, 5) is 9.69. The summed E-state index contributed by atoms with van der Waals surface area (Å²) in [5.41, 5.74) is 36.7. The summed E-state index contributed by atoms with van der Waals surface area (Å²) in [5, 5.41) is 12.8. The van der Waals surface area contributed by atoms with E-state index in [1.807, 2.05) is 0 Å². The number of para-hydroxylation sites is 6. The van der Waals surface area contributed by atoms with Crippen molar-refractivity contribution in [1.29, 1.82) is 0 Å². The molecular weight excluding hydrogens is 1580 g/mol. The largest absolute Gasteiger partial charge is 0.311 e. The molecule has 0 heterocycles. The van der Waals surface area contributed by atoms with Gasteiger partial charge in [0.15, 0.2) is 0 Å². The Morgan fingerprint density at radius 1 is 0.180 bits per heavy atom. The van der Waals surface area contributed by atoms with Gasteiger partial charge >= 0.3 is 0 Å². The normalized spacial score (nSPS) is 13.1. The molecular formula is C122H96N4Si2. The van der Waals surface area contributed by atoms with E-state index >= 15 is 0 Å². The molecule has 0 atom stereocenters. The molecule has 0 aliphatic heterocycles. The van der Waals surface area contributed by atoms with Gasteiger partial charge in [0.2, 0.25) is 0 Å². The highest BCUT2D eigenvalue weighted by molar-refractivity contribution is 6.90. The van der Waals surface area contributed by atoms with Crippen LogP contribution in [0.25, 0.3) is 87.6 Å². The van der Waals surface area contributed by atoms with Crippen molar-refractivity contribution in [2.45, 2.75) is 64.0 Å². The first-order valence-electron chi connectivity index (χ1n) is 45.0. The van der Waals surface area contributed by atoms with Crippen LogP contribution in [0.3, 0.4) is 0 Å². The maximum atomic E-state index is 2.53. The number of benzene rings is 20. The third-order valence-electron chi connectivity index (χ3n) is 27.6. The van der Waals surface area contributed by atoms with E-state index < -0.39 is 27.0 Å². The van der Waals surface area contributed by atoms with E-state index in [1.54, 1.807) is 0 Å². The molecule has 612 valence electrons. The van der Waals surface area contributed by atoms with Crippen molar-refractivity contribution in [1.82, 2.24) is 0 Å². The quantitative estimate of drug-likeness (QED) is 0.101. The predicted molar refractivity (Wildman–Crippen MR) is 550 cm³/mol. The highest BCUT2D eigenvalue weighted by Gasteiger charge is 2.54. The van der Waals surface area contributed by atoms with Gasteiger partial charge in [-0.15, -0.1) is 0 Å². The summed E-state index contributed by atoms with van der Waals surface area (Å²) in [6.45, 7) is 19.0. The molecule has 4 nitrogen and oxygen atoms in total. The van der Waals surface area contributed by atoms with E-state index in [1.165, 1.54) is 171 Å². The summed E-state index contributed by atoms with van der Waals surface area (Å²) >= 11 is 0. The van der Waals surface area contributed by atoms with E-state index in [4.69, 9.17) is 0 Å². The summed E-state index contributed by atoms with van der Waals surface area (Å²) < 4.78 is 0. The smallest absolute Gasteiger partial charge is 0.0803 e. The van der Waals surface area contributed by atoms with Gasteiger partial charge in [-0.25, -0.2) is 0 Å². The second kappa shape index (κ2) is 30.5. The first kappa shape index (κ1) is 77.8. The van der Waals surface area contributed by atoms with Gasteiger partial charge in [0.1, 0.15) is 0 Å². The minimum absolute atomic E-state index is 0.493. The van der Waals surface area contributed by atoms with Gasteiger partial charge in [0, 0.05) is 68.2 Å². The number of aryl methyl sites for hydroxylation is 2. The molecule has 0 saturated heterocycles. The van der Waals surface area contributed by atoms with Crippen LogP contribution in [0.15, 0.2) is 437 Å². The maximum Gasteiger partial charge on any atom is 0.0803 e. The van der Waals surface area contributed by atoms with E-state index in [-0.39, 0.29) is 0 Å². The van der Waals surface area contributed by atoms with E-state index in [9.17, 15) is 0 Å². The number of rotatable bonds is 14. The lowest BCUT2D eigenvalue weighted by molar-refractivity contribution is 0.796. The Morgan fingerprint density at radius 2 is 0.469 bits per heavy atom. The number of hydrogen-bond acceptors (Lipinski definition) is 4. The lowest BCUT2D eigenvalue weighted by Crippen LogP contribution is -2.40. The SMILES string of the molecule is Cc1cccc(N(c2ccccc2)c2ccc3cc4c(cc3c2)C2(c3ccccc3-c3ccccc32)c2cc3cc(N(c5ccccc5)c5cccc([Si](C)(C)C)c5)ccc3cc2-4)c1.Cc1ccccc1N(c1ccccc1)c1ccc2cc3c(cc2c1)C1(c2ccccc2-c2ccccc21)c1cc2cc(N(c4ccccc4)c4ccccc4[Si](C)(C)C)ccc2cc1-3. The fraction of sp³-hybridized carbons (Fsp3) is 0.0820. The van der Waals surface area contributed by atoms with Crippen molar-refractivity contribution in [2.24, 2.45) is 0 Å². The Morgan fingerprint density at radius 3 is 0.828 bits per heavy atom. The lowest BCUT2D eigenvalue weighted by atomic mass is 9.70. The molecule has 0 unspecified atom stereocenters. The molecule has 4 aliphatic carbocycles. The van der Waals surface area contributed by atoms with E-state index in [0.717, 1.165) is 51.2 Å². The monoisotopic (exact) mass is 1670 g/mol. The van der Waals surface area contributed by atoms with Crippen LogP contribution in [0.2, 0.25) is 39.3 Å². The predicted octanol–water partition coefficient (Wildman–Crippen LogP) is 32.3. The van der Waals surface area contributed by atoms with Crippen LogP contribution >= 0.6 is 0 Å². The number of nitrogens with zero attached hydrogens (tertiary/aromatic N) is 4. The first-order valence-corrected chi connectivity index (χ1v) is 52.0. The zero-order valence-corrected chi connectivity index (χ0v) is 75.4. The fourth-order valence-corrected chi connectivity index (χ4v) is 24.5. The third kappa shape index (κ3) is 12.6. The van der Waals surface area contributed by atoms with Gasteiger partial charge in [-0.1, -0.05) is 299 Å². The van der Waals surface area contributed by atoms with Crippen molar-refractivity contribution in [2.75, 3.05) is 19.6 Å². The number of anilines is 12. The summed E-state index contributed by atoms with van der Waals surface area (Å²) in [6.07, 6.45) is 0. The molecule has 20 aromatic rings. The highest BCUT2D eigenvalue weighted by atomic mass is 28.3. The molecule has 0 N–H and O–H groups in total. The number of fused-ring (bicyclic) bond motifs is 24. The van der Waals surface area contributed by atoms with Gasteiger partial charge in [-0.05, 0) is 344 Å². The summed E-state index contributed by atoms with van der Waals surface area (Å²) in [7, 11) is -3.28. The minimum atomic E-state index is -1.71. The molecule has 0 aromatic heterocycles. The summed E-state index contributed by atoms with van der Waals surface area (Å²) in [5.74, 6) is 0. The summed E-state index contributed by atoms with van der Waals surface area (Å²) in [6, 6.07) is 164. The molecule has 0 saturated carbocycles. The Kier molecular flexibility index (Phi) is 18.5. The van der Waals surface area contributed by atoms with Gasteiger partial charge in [0.05, 0.1) is 27.0 Å². The van der Waals surface area contributed by atoms with Crippen LogP contribution in [-0.4, -0.2) is 16.1 Å². The zero-order valence-electron chi connectivity index (χ0n) is 73.4. The van der Waals surface area contributed by atoms with Crippen LogP contribution in [0.5, 0.6) is 0 Å². The molecule has 24 rings (SSSR count). The van der Waals surface area contributed by atoms with Crippen LogP contribution < -0.4 is 30.0 Å².